The molecule has 0 spiro atoms. The van der Waals surface area contributed by atoms with Crippen molar-refractivity contribution in [1.82, 2.24) is 0 Å². The van der Waals surface area contributed by atoms with Gasteiger partial charge in [0.05, 0.1) is 0 Å². The Hall–Kier alpha value is -0.887. The van der Waals surface area contributed by atoms with Gasteiger partial charge in [-0.3, -0.25) is 0 Å². The van der Waals surface area contributed by atoms with Crippen LogP contribution >= 0.6 is 0 Å². The number of hydrogen-bond acceptors (Lipinski definition) is 3. The van der Waals surface area contributed by atoms with Crippen molar-refractivity contribution in [3.63, 3.8) is 0 Å². The standard InChI is InChI=1S/C6H10.3CH2O.Ru/c1-5(2)6(3)4;3*1-2;/h1,3H2,2,4H3;3*1H2;. The van der Waals surface area contributed by atoms with Gasteiger partial charge in [-0.05, 0) is 13.8 Å². The minimum atomic E-state index is 0. The second-order valence-corrected chi connectivity index (χ2v) is 1.56. The van der Waals surface area contributed by atoms with Gasteiger partial charge >= 0.3 is 0 Å². The third-order valence-electron chi connectivity index (χ3n) is 0.729. The van der Waals surface area contributed by atoms with Crippen LogP contribution in [-0.2, 0) is 33.9 Å². The van der Waals surface area contributed by atoms with Crippen molar-refractivity contribution in [3.8, 4) is 0 Å². The molecular weight excluding hydrogens is 257 g/mol. The second kappa shape index (κ2) is 43.5. The van der Waals surface area contributed by atoms with Crippen LogP contribution in [-0.4, -0.2) is 20.4 Å². The summed E-state index contributed by atoms with van der Waals surface area (Å²) in [6.45, 7) is 17.2. The molecule has 0 saturated heterocycles. The number of rotatable bonds is 1. The fourth-order valence-corrected chi connectivity index (χ4v) is 0. The Kier molecular flexibility index (Phi) is 98.9. The van der Waals surface area contributed by atoms with E-state index in [0.717, 1.165) is 11.1 Å². The minimum absolute atomic E-state index is 0. The van der Waals surface area contributed by atoms with Crippen LogP contribution in [0.15, 0.2) is 24.3 Å². The summed E-state index contributed by atoms with van der Waals surface area (Å²) in [4.78, 5) is 24.0. The predicted octanol–water partition coefficient (Wildman–Crippen LogP) is 1.58. The van der Waals surface area contributed by atoms with Gasteiger partial charge in [-0.2, -0.15) is 0 Å². The van der Waals surface area contributed by atoms with E-state index >= 15 is 0 Å². The van der Waals surface area contributed by atoms with Gasteiger partial charge in [0.15, 0.2) is 0 Å². The molecule has 0 aromatic rings. The zero-order chi connectivity index (χ0) is 11.2. The van der Waals surface area contributed by atoms with Crippen LogP contribution in [0.2, 0.25) is 0 Å². The van der Waals surface area contributed by atoms with Crippen molar-refractivity contribution in [2.45, 2.75) is 13.8 Å². The van der Waals surface area contributed by atoms with E-state index in [0.29, 0.717) is 0 Å². The average Bonchev–Trinajstić information content (AvgIpc) is 2.14. The molecule has 0 fully saturated rings. The van der Waals surface area contributed by atoms with Crippen LogP contribution in [0.3, 0.4) is 0 Å². The first-order valence-corrected chi connectivity index (χ1v) is 2.82. The summed E-state index contributed by atoms with van der Waals surface area (Å²) in [5.74, 6) is 0. The molecule has 13 heavy (non-hydrogen) atoms. The normalized spacial score (nSPS) is 4.46. The summed E-state index contributed by atoms with van der Waals surface area (Å²) in [6.07, 6.45) is 0. The summed E-state index contributed by atoms with van der Waals surface area (Å²) in [7, 11) is 0. The summed E-state index contributed by atoms with van der Waals surface area (Å²) in [5.41, 5.74) is 2.13. The smallest absolute Gasteiger partial charge is 0.106 e. The molecule has 0 bridgehead atoms. The van der Waals surface area contributed by atoms with Gasteiger partial charge in [-0.25, -0.2) is 0 Å². The maximum Gasteiger partial charge on any atom is 0.106 e. The Morgan fingerprint density at radius 2 is 0.769 bits per heavy atom. The zero-order valence-corrected chi connectivity index (χ0v) is 9.85. The van der Waals surface area contributed by atoms with E-state index in [2.05, 4.69) is 13.2 Å². The van der Waals surface area contributed by atoms with Crippen molar-refractivity contribution in [3.05, 3.63) is 24.3 Å². The average molecular weight is 273 g/mol. The largest absolute Gasteiger partial charge is 0.307 e. The number of carbonyl (C=O) groups excluding carboxylic acids is 3. The molecule has 0 saturated carbocycles. The number of carbonyl (C=O) groups is 3. The van der Waals surface area contributed by atoms with Gasteiger partial charge in [0.1, 0.15) is 20.4 Å². The minimum Gasteiger partial charge on any atom is -0.307 e. The molecule has 0 aliphatic heterocycles. The first kappa shape index (κ1) is 29.6. The molecule has 3 nitrogen and oxygen atoms in total. The van der Waals surface area contributed by atoms with Crippen LogP contribution in [0, 0.1) is 0 Å². The molecule has 0 amide bonds. The van der Waals surface area contributed by atoms with Gasteiger partial charge in [0.2, 0.25) is 0 Å². The van der Waals surface area contributed by atoms with Crippen LogP contribution in [0.25, 0.3) is 0 Å². The summed E-state index contributed by atoms with van der Waals surface area (Å²) < 4.78 is 0. The van der Waals surface area contributed by atoms with Crippen LogP contribution in [0.5, 0.6) is 0 Å². The van der Waals surface area contributed by atoms with Gasteiger partial charge in [0.25, 0.3) is 0 Å². The van der Waals surface area contributed by atoms with Crippen LogP contribution in [0.1, 0.15) is 13.8 Å². The molecule has 0 aliphatic carbocycles. The molecule has 0 unspecified atom stereocenters. The molecule has 0 aliphatic rings. The quantitative estimate of drug-likeness (QED) is 0.538. The molecule has 0 aromatic carbocycles. The molecule has 0 N–H and O–H groups in total. The third-order valence-corrected chi connectivity index (χ3v) is 0.729. The Bertz CT molecular complexity index is 107. The van der Waals surface area contributed by atoms with Gasteiger partial charge < -0.3 is 14.4 Å². The monoisotopic (exact) mass is 274 g/mol. The molecule has 0 radical (unpaired) electrons. The first-order valence-electron chi connectivity index (χ1n) is 2.82. The van der Waals surface area contributed by atoms with E-state index in [1.54, 1.807) is 0 Å². The molecule has 0 rings (SSSR count). The zero-order valence-electron chi connectivity index (χ0n) is 8.11. The van der Waals surface area contributed by atoms with Crippen LogP contribution in [0.4, 0.5) is 0 Å². The van der Waals surface area contributed by atoms with E-state index < -0.39 is 0 Å². The maximum atomic E-state index is 8.00. The predicted molar refractivity (Wildman–Crippen MR) is 51.0 cm³/mol. The van der Waals surface area contributed by atoms with Crippen molar-refractivity contribution in [1.29, 1.82) is 0 Å². The van der Waals surface area contributed by atoms with Crippen molar-refractivity contribution in [2.24, 2.45) is 0 Å². The van der Waals surface area contributed by atoms with Gasteiger partial charge in [0, 0.05) is 19.5 Å². The van der Waals surface area contributed by atoms with Gasteiger partial charge in [-0.15, -0.1) is 0 Å². The number of hydrogen-bond donors (Lipinski definition) is 0. The van der Waals surface area contributed by atoms with Crippen molar-refractivity contribution in [2.75, 3.05) is 0 Å². The SMILES string of the molecule is C=C(C)C(=C)C.C=O.C=O.C=O.[Ru]. The maximum absolute atomic E-state index is 8.00. The molecule has 4 heteroatoms. The Morgan fingerprint density at radius 3 is 0.769 bits per heavy atom. The Labute approximate surface area is 92.7 Å². The van der Waals surface area contributed by atoms with Crippen molar-refractivity contribution < 1.29 is 33.9 Å². The third kappa shape index (κ3) is 95.2. The molecule has 0 aromatic heterocycles. The van der Waals surface area contributed by atoms with E-state index in [-0.39, 0.29) is 19.5 Å². The molecule has 0 atom stereocenters. The van der Waals surface area contributed by atoms with Gasteiger partial charge in [-0.1, -0.05) is 24.3 Å². The van der Waals surface area contributed by atoms with Crippen molar-refractivity contribution >= 4 is 20.4 Å². The summed E-state index contributed by atoms with van der Waals surface area (Å²) in [6, 6.07) is 0. The van der Waals surface area contributed by atoms with E-state index in [9.17, 15) is 0 Å². The summed E-state index contributed by atoms with van der Waals surface area (Å²) >= 11 is 0. The first-order chi connectivity index (χ1) is 5.64. The number of allylic oxidation sites excluding steroid dienone is 2. The Morgan fingerprint density at radius 1 is 0.692 bits per heavy atom. The fourth-order valence-electron chi connectivity index (χ4n) is 0. The van der Waals surface area contributed by atoms with Crippen LogP contribution < -0.4 is 0 Å². The fraction of sp³-hybridized carbons (Fsp3) is 0.222. The molecular formula is C9H16O3Ru. The van der Waals surface area contributed by atoms with E-state index in [1.807, 2.05) is 34.2 Å². The van der Waals surface area contributed by atoms with E-state index in [4.69, 9.17) is 14.4 Å². The topological polar surface area (TPSA) is 51.2 Å². The summed E-state index contributed by atoms with van der Waals surface area (Å²) in [5, 5.41) is 0. The van der Waals surface area contributed by atoms with E-state index in [1.165, 1.54) is 0 Å². The Balaban J connectivity index is -0.0000000263. The molecule has 0 heterocycles. The molecule has 78 valence electrons. The second-order valence-electron chi connectivity index (χ2n) is 1.56.